The fraction of sp³-hybridized carbons (Fsp3) is 0.689. The third-order valence-electron chi connectivity index (χ3n) is 11.7. The van der Waals surface area contributed by atoms with Gasteiger partial charge in [-0.15, -0.1) is 0 Å². The van der Waals surface area contributed by atoms with Gasteiger partial charge in [-0.25, -0.2) is 0 Å². The van der Waals surface area contributed by atoms with Crippen molar-refractivity contribution in [1.82, 2.24) is 0 Å². The van der Waals surface area contributed by atoms with Crippen LogP contribution in [0.1, 0.15) is 252 Å². The quantitative estimate of drug-likeness (QED) is 0.0199. The Bertz CT molecular complexity index is 1350. The predicted molar refractivity (Wildman–Crippen MR) is 288 cm³/mol. The van der Waals surface area contributed by atoms with Crippen molar-refractivity contribution in [2.45, 2.75) is 258 Å². The number of allylic oxidation sites excluding steroid dienone is 16. The van der Waals surface area contributed by atoms with E-state index in [4.69, 9.17) is 14.2 Å². The van der Waals surface area contributed by atoms with E-state index in [1.807, 2.05) is 48.6 Å². The van der Waals surface area contributed by atoms with E-state index in [0.717, 1.165) is 83.5 Å². The smallest absolute Gasteiger partial charge is 0.306 e. The summed E-state index contributed by atoms with van der Waals surface area (Å²) in [5.74, 6) is -0.951. The molecule has 0 N–H and O–H groups in total. The van der Waals surface area contributed by atoms with Gasteiger partial charge < -0.3 is 14.2 Å². The first-order valence-corrected chi connectivity index (χ1v) is 27.8. The number of rotatable bonds is 49. The van der Waals surface area contributed by atoms with Gasteiger partial charge in [0.25, 0.3) is 0 Å². The van der Waals surface area contributed by atoms with Gasteiger partial charge in [-0.2, -0.15) is 0 Å². The lowest BCUT2D eigenvalue weighted by Crippen LogP contribution is -2.30. The minimum Gasteiger partial charge on any atom is -0.462 e. The number of hydrogen-bond donors (Lipinski definition) is 0. The molecule has 0 fully saturated rings. The molecular weight excluding hydrogens is 829 g/mol. The van der Waals surface area contributed by atoms with E-state index in [1.165, 1.54) is 128 Å². The third-order valence-corrected chi connectivity index (χ3v) is 11.7. The summed E-state index contributed by atoms with van der Waals surface area (Å²) in [7, 11) is 0. The van der Waals surface area contributed by atoms with E-state index in [2.05, 4.69) is 69.4 Å². The molecule has 0 aliphatic rings. The summed E-state index contributed by atoms with van der Waals surface area (Å²) < 4.78 is 16.8. The van der Waals surface area contributed by atoms with E-state index in [-0.39, 0.29) is 31.1 Å². The molecule has 0 aliphatic carbocycles. The number of carbonyl (C=O) groups is 3. The molecule has 382 valence electrons. The summed E-state index contributed by atoms with van der Waals surface area (Å²) in [6.07, 6.45) is 72.4. The van der Waals surface area contributed by atoms with Gasteiger partial charge in [-0.3, -0.25) is 14.4 Å². The van der Waals surface area contributed by atoms with Crippen LogP contribution in [0, 0.1) is 0 Å². The van der Waals surface area contributed by atoms with E-state index < -0.39 is 6.10 Å². The highest BCUT2D eigenvalue weighted by Gasteiger charge is 2.19. The van der Waals surface area contributed by atoms with Gasteiger partial charge in [0.15, 0.2) is 6.10 Å². The SMILES string of the molecule is CC\C=C/C=C\C=C/C=C\C=C/CCCCCC(=O)OCC(COC(=O)CCCCCCCCC/C=C\C/C=C\CCCCC)OC(=O)CCCCCCCCC/C=C\CCCCCCCC. The number of ether oxygens (including phenoxy) is 3. The standard InChI is InChI=1S/C61H102O6/c1-4-7-10-13-16-19-22-25-28-30-33-36-39-42-45-48-51-54-60(63)66-57-58(56-65-59(62)53-50-47-44-41-38-35-32-27-24-21-18-15-12-9-6-3)67-61(64)55-52-49-46-43-40-37-34-31-29-26-23-20-17-14-11-8-5-2/h9,12,15-16,18-19,21,24-29,32,35,38,58H,4-8,10-11,13-14,17,20,22-23,30-31,33-34,36-37,39-57H2,1-3H3/b12-9-,18-15-,19-16-,24-21-,28-25-,29-26-,32-27-,38-35-. The van der Waals surface area contributed by atoms with Crippen LogP contribution in [0.5, 0.6) is 0 Å². The Labute approximate surface area is 413 Å². The Hall–Kier alpha value is -3.67. The van der Waals surface area contributed by atoms with Crippen molar-refractivity contribution in [2.24, 2.45) is 0 Å². The van der Waals surface area contributed by atoms with Crippen LogP contribution in [0.3, 0.4) is 0 Å². The molecule has 1 atom stereocenters. The van der Waals surface area contributed by atoms with Gasteiger partial charge in [0.1, 0.15) is 13.2 Å². The molecule has 1 unspecified atom stereocenters. The van der Waals surface area contributed by atoms with Gasteiger partial charge >= 0.3 is 17.9 Å². The van der Waals surface area contributed by atoms with Crippen LogP contribution in [0.15, 0.2) is 97.2 Å². The Morgan fingerprint density at radius 1 is 0.328 bits per heavy atom. The van der Waals surface area contributed by atoms with Gasteiger partial charge in [-0.05, 0) is 96.3 Å². The highest BCUT2D eigenvalue weighted by molar-refractivity contribution is 5.71. The molecule has 0 spiro atoms. The molecule has 0 aliphatic heterocycles. The zero-order valence-electron chi connectivity index (χ0n) is 43.6. The number of unbranched alkanes of at least 4 members (excludes halogenated alkanes) is 26. The summed E-state index contributed by atoms with van der Waals surface area (Å²) in [6, 6.07) is 0. The molecule has 0 amide bonds. The summed E-state index contributed by atoms with van der Waals surface area (Å²) in [5.41, 5.74) is 0. The lowest BCUT2D eigenvalue weighted by molar-refractivity contribution is -0.167. The molecule has 0 aromatic heterocycles. The first-order chi connectivity index (χ1) is 33.0. The molecule has 0 rings (SSSR count). The third kappa shape index (κ3) is 53.2. The fourth-order valence-electron chi connectivity index (χ4n) is 7.49. The number of carbonyl (C=O) groups excluding carboxylic acids is 3. The highest BCUT2D eigenvalue weighted by atomic mass is 16.6. The second-order valence-corrected chi connectivity index (χ2v) is 18.2. The van der Waals surface area contributed by atoms with E-state index in [9.17, 15) is 14.4 Å². The van der Waals surface area contributed by atoms with Crippen molar-refractivity contribution in [3.63, 3.8) is 0 Å². The van der Waals surface area contributed by atoms with Crippen molar-refractivity contribution < 1.29 is 28.6 Å². The van der Waals surface area contributed by atoms with Crippen molar-refractivity contribution >= 4 is 17.9 Å². The molecule has 0 saturated carbocycles. The molecule has 6 nitrogen and oxygen atoms in total. The average molecular weight is 931 g/mol. The maximum Gasteiger partial charge on any atom is 0.306 e. The molecule has 0 aromatic carbocycles. The highest BCUT2D eigenvalue weighted by Crippen LogP contribution is 2.14. The van der Waals surface area contributed by atoms with Gasteiger partial charge in [0.05, 0.1) is 0 Å². The molecule has 6 heteroatoms. The lowest BCUT2D eigenvalue weighted by atomic mass is 10.1. The molecule has 0 heterocycles. The topological polar surface area (TPSA) is 78.9 Å². The first-order valence-electron chi connectivity index (χ1n) is 27.8. The van der Waals surface area contributed by atoms with Crippen molar-refractivity contribution in [1.29, 1.82) is 0 Å². The predicted octanol–water partition coefficient (Wildman–Crippen LogP) is 18.5. The Kier molecular flexibility index (Phi) is 51.9. The van der Waals surface area contributed by atoms with Crippen molar-refractivity contribution in [3.8, 4) is 0 Å². The number of hydrogen-bond acceptors (Lipinski definition) is 6. The summed E-state index contributed by atoms with van der Waals surface area (Å²) >= 11 is 0. The van der Waals surface area contributed by atoms with Crippen LogP contribution in [-0.2, 0) is 28.6 Å². The van der Waals surface area contributed by atoms with E-state index in [1.54, 1.807) is 0 Å². The molecule has 0 saturated heterocycles. The number of esters is 3. The average Bonchev–Trinajstić information content (AvgIpc) is 3.33. The minimum absolute atomic E-state index is 0.0979. The molecule has 0 radical (unpaired) electrons. The Balaban J connectivity index is 4.47. The van der Waals surface area contributed by atoms with Gasteiger partial charge in [0.2, 0.25) is 0 Å². The summed E-state index contributed by atoms with van der Waals surface area (Å²) in [4.78, 5) is 38.1. The zero-order chi connectivity index (χ0) is 48.6. The second-order valence-electron chi connectivity index (χ2n) is 18.2. The molecular formula is C61H102O6. The van der Waals surface area contributed by atoms with Crippen LogP contribution in [0.4, 0.5) is 0 Å². The molecule has 67 heavy (non-hydrogen) atoms. The second kappa shape index (κ2) is 54.9. The molecule has 0 bridgehead atoms. The van der Waals surface area contributed by atoms with E-state index >= 15 is 0 Å². The van der Waals surface area contributed by atoms with Crippen LogP contribution in [0.2, 0.25) is 0 Å². The fourth-order valence-corrected chi connectivity index (χ4v) is 7.49. The monoisotopic (exact) mass is 931 g/mol. The van der Waals surface area contributed by atoms with Crippen LogP contribution in [-0.4, -0.2) is 37.2 Å². The maximum absolute atomic E-state index is 12.8. The molecule has 0 aromatic rings. The van der Waals surface area contributed by atoms with Gasteiger partial charge in [-0.1, -0.05) is 234 Å². The summed E-state index contributed by atoms with van der Waals surface area (Å²) in [6.45, 7) is 6.42. The van der Waals surface area contributed by atoms with Crippen molar-refractivity contribution in [3.05, 3.63) is 97.2 Å². The Morgan fingerprint density at radius 3 is 1.09 bits per heavy atom. The normalized spacial score (nSPS) is 12.8. The Morgan fingerprint density at radius 2 is 0.642 bits per heavy atom. The van der Waals surface area contributed by atoms with Crippen LogP contribution in [0.25, 0.3) is 0 Å². The van der Waals surface area contributed by atoms with Crippen LogP contribution >= 0.6 is 0 Å². The minimum atomic E-state index is -0.802. The summed E-state index contributed by atoms with van der Waals surface area (Å²) in [5, 5.41) is 0. The van der Waals surface area contributed by atoms with Crippen LogP contribution < -0.4 is 0 Å². The zero-order valence-corrected chi connectivity index (χ0v) is 43.6. The lowest BCUT2D eigenvalue weighted by Gasteiger charge is -2.18. The maximum atomic E-state index is 12.8. The largest absolute Gasteiger partial charge is 0.462 e. The van der Waals surface area contributed by atoms with Crippen molar-refractivity contribution in [2.75, 3.05) is 13.2 Å². The van der Waals surface area contributed by atoms with Gasteiger partial charge in [0, 0.05) is 19.3 Å². The van der Waals surface area contributed by atoms with E-state index in [0.29, 0.717) is 19.3 Å². The first kappa shape index (κ1) is 63.3.